The lowest BCUT2D eigenvalue weighted by Gasteiger charge is -2.37. The Kier molecular flexibility index (Phi) is 3.59. The Hall–Kier alpha value is -0.890. The van der Waals surface area contributed by atoms with Gasteiger partial charge in [0.05, 0.1) is 19.3 Å². The van der Waals surface area contributed by atoms with E-state index in [1.54, 1.807) is 0 Å². The van der Waals surface area contributed by atoms with Crippen LogP contribution in [0.25, 0.3) is 0 Å². The van der Waals surface area contributed by atoms with Crippen LogP contribution in [0.4, 0.5) is 0 Å². The Labute approximate surface area is 96.4 Å². The summed E-state index contributed by atoms with van der Waals surface area (Å²) < 4.78 is 11.3. The first-order valence-corrected chi connectivity index (χ1v) is 5.81. The molecule has 0 unspecified atom stereocenters. The maximum Gasteiger partial charge on any atom is 0.170 e. The summed E-state index contributed by atoms with van der Waals surface area (Å²) in [6.45, 7) is 6.12. The summed E-state index contributed by atoms with van der Waals surface area (Å²) in [5, 5.41) is 8.65. The number of allylic oxidation sites excluding steroid dienone is 1. The largest absolute Gasteiger partial charge is 0.347 e. The predicted molar refractivity (Wildman–Crippen MR) is 59.7 cm³/mol. The van der Waals surface area contributed by atoms with Crippen LogP contribution >= 0.6 is 0 Å². The topological polar surface area (TPSA) is 45.5 Å². The van der Waals surface area contributed by atoms with E-state index < -0.39 is 0 Å². The van der Waals surface area contributed by atoms with Crippen molar-refractivity contribution in [1.82, 2.24) is 4.90 Å². The van der Waals surface area contributed by atoms with E-state index in [4.69, 9.17) is 14.7 Å². The Morgan fingerprint density at radius 3 is 2.56 bits per heavy atom. The number of ether oxygens (including phenoxy) is 2. The van der Waals surface area contributed by atoms with Crippen LogP contribution in [-0.2, 0) is 9.47 Å². The lowest BCUT2D eigenvalue weighted by Crippen LogP contribution is -2.45. The van der Waals surface area contributed by atoms with E-state index >= 15 is 0 Å². The Balaban J connectivity index is 1.79. The summed E-state index contributed by atoms with van der Waals surface area (Å²) in [5.74, 6) is -0.287. The molecule has 4 heteroatoms. The molecule has 2 aliphatic rings. The van der Waals surface area contributed by atoms with Crippen LogP contribution < -0.4 is 0 Å². The van der Waals surface area contributed by atoms with Gasteiger partial charge in [-0.25, -0.2) is 0 Å². The average Bonchev–Trinajstić information content (AvgIpc) is 2.77. The van der Waals surface area contributed by atoms with Gasteiger partial charge in [-0.1, -0.05) is 6.08 Å². The molecule has 0 N–H and O–H groups in total. The summed E-state index contributed by atoms with van der Waals surface area (Å²) in [5.41, 5.74) is 0.786. The molecule has 0 bridgehead atoms. The van der Waals surface area contributed by atoms with Gasteiger partial charge in [-0.2, -0.15) is 5.26 Å². The molecule has 0 aromatic rings. The van der Waals surface area contributed by atoms with Gasteiger partial charge in [-0.3, -0.25) is 4.90 Å². The van der Waals surface area contributed by atoms with Crippen molar-refractivity contribution in [3.8, 4) is 6.07 Å². The molecule has 2 heterocycles. The highest BCUT2D eigenvalue weighted by atomic mass is 16.7. The zero-order chi connectivity index (χ0) is 11.4. The molecule has 1 spiro atoms. The molecule has 0 aromatic carbocycles. The van der Waals surface area contributed by atoms with Crippen LogP contribution in [0.1, 0.15) is 19.8 Å². The zero-order valence-electron chi connectivity index (χ0n) is 9.74. The first kappa shape index (κ1) is 11.6. The SMILES string of the molecule is C/C(C#N)=C/CN1CCC2(CC1)OCCO2. The molecular weight excluding hydrogens is 204 g/mol. The summed E-state index contributed by atoms with van der Waals surface area (Å²) >= 11 is 0. The number of rotatable bonds is 2. The Bertz CT molecular complexity index is 303. The van der Waals surface area contributed by atoms with Crippen molar-refractivity contribution in [3.05, 3.63) is 11.6 Å². The maximum atomic E-state index is 8.65. The smallest absolute Gasteiger partial charge is 0.170 e. The molecule has 0 atom stereocenters. The minimum absolute atomic E-state index is 0.287. The molecule has 2 saturated heterocycles. The van der Waals surface area contributed by atoms with Crippen molar-refractivity contribution >= 4 is 0 Å². The molecule has 2 fully saturated rings. The lowest BCUT2D eigenvalue weighted by molar-refractivity contribution is -0.184. The van der Waals surface area contributed by atoms with Crippen molar-refractivity contribution in [2.75, 3.05) is 32.8 Å². The third-order valence-electron chi connectivity index (χ3n) is 3.26. The maximum absolute atomic E-state index is 8.65. The standard InChI is InChI=1S/C12H18N2O2/c1-11(10-13)2-5-14-6-3-12(4-7-14)15-8-9-16-12/h2H,3-9H2,1H3/b11-2-. The molecule has 2 rings (SSSR count). The van der Waals surface area contributed by atoms with Crippen molar-refractivity contribution in [2.45, 2.75) is 25.6 Å². The van der Waals surface area contributed by atoms with E-state index in [-0.39, 0.29) is 5.79 Å². The van der Waals surface area contributed by atoms with Gasteiger partial charge < -0.3 is 9.47 Å². The van der Waals surface area contributed by atoms with Gasteiger partial charge in [0, 0.05) is 38.0 Å². The highest BCUT2D eigenvalue weighted by Crippen LogP contribution is 2.31. The second-order valence-corrected chi connectivity index (χ2v) is 4.41. The number of likely N-dealkylation sites (tertiary alicyclic amines) is 1. The normalized spacial score (nSPS) is 25.9. The van der Waals surface area contributed by atoms with Crippen LogP contribution in [-0.4, -0.2) is 43.5 Å². The van der Waals surface area contributed by atoms with Crippen LogP contribution in [0.5, 0.6) is 0 Å². The average molecular weight is 222 g/mol. The first-order valence-electron chi connectivity index (χ1n) is 5.81. The second kappa shape index (κ2) is 4.96. The molecule has 0 aromatic heterocycles. The second-order valence-electron chi connectivity index (χ2n) is 4.41. The van der Waals surface area contributed by atoms with Gasteiger partial charge in [0.2, 0.25) is 0 Å². The predicted octanol–water partition coefficient (Wildman–Crippen LogP) is 1.30. The molecule has 88 valence electrons. The Morgan fingerprint density at radius 2 is 2.00 bits per heavy atom. The molecule has 0 amide bonds. The summed E-state index contributed by atoms with van der Waals surface area (Å²) in [7, 11) is 0. The van der Waals surface area contributed by atoms with Gasteiger partial charge in [-0.15, -0.1) is 0 Å². The molecule has 0 saturated carbocycles. The summed E-state index contributed by atoms with van der Waals surface area (Å²) in [4.78, 5) is 2.33. The van der Waals surface area contributed by atoms with Crippen LogP contribution in [0, 0.1) is 11.3 Å². The lowest BCUT2D eigenvalue weighted by atomic mass is 10.0. The van der Waals surface area contributed by atoms with E-state index in [0.29, 0.717) is 0 Å². The van der Waals surface area contributed by atoms with Crippen LogP contribution in [0.15, 0.2) is 11.6 Å². The van der Waals surface area contributed by atoms with E-state index in [2.05, 4.69) is 11.0 Å². The Morgan fingerprint density at radius 1 is 1.38 bits per heavy atom. The quantitative estimate of drug-likeness (QED) is 0.661. The summed E-state index contributed by atoms with van der Waals surface area (Å²) in [6.07, 6.45) is 3.85. The van der Waals surface area contributed by atoms with Crippen molar-refractivity contribution < 1.29 is 9.47 Å². The van der Waals surface area contributed by atoms with E-state index in [1.165, 1.54) is 0 Å². The van der Waals surface area contributed by atoms with Crippen LogP contribution in [0.2, 0.25) is 0 Å². The van der Waals surface area contributed by atoms with Gasteiger partial charge >= 0.3 is 0 Å². The number of hydrogen-bond donors (Lipinski definition) is 0. The van der Waals surface area contributed by atoms with Crippen molar-refractivity contribution in [1.29, 1.82) is 5.26 Å². The summed E-state index contributed by atoms with van der Waals surface area (Å²) in [6, 6.07) is 2.14. The molecule has 4 nitrogen and oxygen atoms in total. The van der Waals surface area contributed by atoms with E-state index in [9.17, 15) is 0 Å². The van der Waals surface area contributed by atoms with Gasteiger partial charge in [0.1, 0.15) is 0 Å². The molecule has 2 aliphatic heterocycles. The molecular formula is C12H18N2O2. The van der Waals surface area contributed by atoms with Gasteiger partial charge in [0.25, 0.3) is 0 Å². The third-order valence-corrected chi connectivity index (χ3v) is 3.26. The zero-order valence-corrected chi connectivity index (χ0v) is 9.74. The number of piperidine rings is 1. The highest BCUT2D eigenvalue weighted by molar-refractivity contribution is 5.17. The first-order chi connectivity index (χ1) is 7.74. The van der Waals surface area contributed by atoms with Gasteiger partial charge in [-0.05, 0) is 6.92 Å². The van der Waals surface area contributed by atoms with Crippen LogP contribution in [0.3, 0.4) is 0 Å². The molecule has 0 aliphatic carbocycles. The number of nitrogens with zero attached hydrogens (tertiary/aromatic N) is 2. The van der Waals surface area contributed by atoms with Crippen molar-refractivity contribution in [2.24, 2.45) is 0 Å². The monoisotopic (exact) mass is 222 g/mol. The minimum Gasteiger partial charge on any atom is -0.347 e. The van der Waals surface area contributed by atoms with E-state index in [1.807, 2.05) is 13.0 Å². The fraction of sp³-hybridized carbons (Fsp3) is 0.750. The molecule has 0 radical (unpaired) electrons. The fourth-order valence-electron chi connectivity index (χ4n) is 2.17. The molecule has 16 heavy (non-hydrogen) atoms. The number of nitriles is 1. The highest BCUT2D eigenvalue weighted by Gasteiger charge is 2.39. The third kappa shape index (κ3) is 2.62. The fourth-order valence-corrected chi connectivity index (χ4v) is 2.17. The number of hydrogen-bond acceptors (Lipinski definition) is 4. The van der Waals surface area contributed by atoms with Gasteiger partial charge in [0.15, 0.2) is 5.79 Å². The van der Waals surface area contributed by atoms with E-state index in [0.717, 1.165) is 51.3 Å². The minimum atomic E-state index is -0.287. The van der Waals surface area contributed by atoms with Crippen molar-refractivity contribution in [3.63, 3.8) is 0 Å².